The average molecular weight is 485 g/mol. The molecule has 35 heavy (non-hydrogen) atoms. The van der Waals surface area contributed by atoms with Gasteiger partial charge in [-0.3, -0.25) is 0 Å². The molecule has 0 saturated carbocycles. The number of ether oxygens (including phenoxy) is 3. The van der Waals surface area contributed by atoms with Crippen LogP contribution < -0.4 is 4.74 Å². The first-order valence-electron chi connectivity index (χ1n) is 13.2. The summed E-state index contributed by atoms with van der Waals surface area (Å²) in [6.45, 7) is 8.21. The van der Waals surface area contributed by atoms with E-state index in [0.29, 0.717) is 24.5 Å². The van der Waals surface area contributed by atoms with Gasteiger partial charge < -0.3 is 14.2 Å². The van der Waals surface area contributed by atoms with Gasteiger partial charge in [0.15, 0.2) is 0 Å². The predicted molar refractivity (Wildman–Crippen MR) is 143 cm³/mol. The lowest BCUT2D eigenvalue weighted by Crippen LogP contribution is -2.12. The molecule has 0 aliphatic carbocycles. The van der Waals surface area contributed by atoms with Gasteiger partial charge in [0, 0.05) is 11.6 Å². The first-order valence-corrected chi connectivity index (χ1v) is 13.2. The number of esters is 1. The largest absolute Gasteiger partial charge is 0.513 e. The van der Waals surface area contributed by atoms with Gasteiger partial charge in [-0.2, -0.15) is 0 Å². The molecule has 0 N–H and O–H groups in total. The standard InChI is InChI=1S/C30H44O5/c1-3-5-7-9-11-13-15-19-25-33-29(31)24-23-27-21-17-18-22-28(27)35-30(32)34-26-20-16-14-12-10-8-6-4-2/h3-4,17-18,21-24H,1-2,5-16,19-20,25-26H2/b24-23+. The summed E-state index contributed by atoms with van der Waals surface area (Å²) in [6.07, 6.45) is 21.6. The SMILES string of the molecule is C=CCCCCCCCCOC(=O)/C=C/c1ccccc1OC(=O)OCCCCCCCCC=C. The van der Waals surface area contributed by atoms with Gasteiger partial charge in [0.2, 0.25) is 0 Å². The minimum Gasteiger partial charge on any atom is -0.463 e. The van der Waals surface area contributed by atoms with Crippen molar-refractivity contribution < 1.29 is 23.8 Å². The molecule has 0 aliphatic heterocycles. The number of allylic oxidation sites excluding steroid dienone is 2. The van der Waals surface area contributed by atoms with Gasteiger partial charge in [0.25, 0.3) is 0 Å². The van der Waals surface area contributed by atoms with Crippen LogP contribution in [-0.2, 0) is 14.3 Å². The quantitative estimate of drug-likeness (QED) is 0.0575. The van der Waals surface area contributed by atoms with E-state index in [4.69, 9.17) is 14.2 Å². The zero-order valence-corrected chi connectivity index (χ0v) is 21.4. The van der Waals surface area contributed by atoms with Gasteiger partial charge in [-0.1, -0.05) is 81.7 Å². The molecular formula is C30H44O5. The molecule has 0 radical (unpaired) electrons. The van der Waals surface area contributed by atoms with Crippen molar-refractivity contribution in [2.45, 2.75) is 89.9 Å². The van der Waals surface area contributed by atoms with Crippen LogP contribution in [0.2, 0.25) is 0 Å². The lowest BCUT2D eigenvalue weighted by molar-refractivity contribution is -0.137. The van der Waals surface area contributed by atoms with Gasteiger partial charge in [-0.15, -0.1) is 13.2 Å². The molecule has 1 rings (SSSR count). The Balaban J connectivity index is 2.23. The van der Waals surface area contributed by atoms with Crippen LogP contribution in [0.25, 0.3) is 6.08 Å². The second-order valence-corrected chi connectivity index (χ2v) is 8.64. The summed E-state index contributed by atoms with van der Waals surface area (Å²) in [4.78, 5) is 24.0. The number of para-hydroxylation sites is 1. The van der Waals surface area contributed by atoms with Crippen LogP contribution in [-0.4, -0.2) is 25.3 Å². The Morgan fingerprint density at radius 1 is 0.686 bits per heavy atom. The molecule has 0 unspecified atom stereocenters. The van der Waals surface area contributed by atoms with Crippen molar-refractivity contribution in [2.75, 3.05) is 13.2 Å². The molecule has 0 aliphatic rings. The molecule has 5 heteroatoms. The van der Waals surface area contributed by atoms with E-state index in [0.717, 1.165) is 51.4 Å². The van der Waals surface area contributed by atoms with Crippen LogP contribution in [0.4, 0.5) is 4.79 Å². The highest BCUT2D eigenvalue weighted by Crippen LogP contribution is 2.20. The van der Waals surface area contributed by atoms with Gasteiger partial charge in [-0.05, 0) is 50.7 Å². The van der Waals surface area contributed by atoms with Gasteiger partial charge in [0.1, 0.15) is 5.75 Å². The summed E-state index contributed by atoms with van der Waals surface area (Å²) in [5.74, 6) is -0.0573. The summed E-state index contributed by atoms with van der Waals surface area (Å²) in [5, 5.41) is 0. The summed E-state index contributed by atoms with van der Waals surface area (Å²) in [7, 11) is 0. The maximum Gasteiger partial charge on any atom is 0.513 e. The molecule has 0 aromatic heterocycles. The second-order valence-electron chi connectivity index (χ2n) is 8.64. The Bertz CT molecular complexity index is 753. The van der Waals surface area contributed by atoms with Crippen molar-refractivity contribution in [1.29, 1.82) is 0 Å². The molecule has 0 spiro atoms. The highest BCUT2D eigenvalue weighted by atomic mass is 16.7. The Morgan fingerprint density at radius 2 is 1.20 bits per heavy atom. The lowest BCUT2D eigenvalue weighted by Gasteiger charge is -2.08. The van der Waals surface area contributed by atoms with Crippen LogP contribution in [0.5, 0.6) is 5.75 Å². The molecule has 0 atom stereocenters. The zero-order valence-electron chi connectivity index (χ0n) is 21.4. The molecule has 0 amide bonds. The van der Waals surface area contributed by atoms with Crippen molar-refractivity contribution in [2.24, 2.45) is 0 Å². The molecule has 1 aromatic carbocycles. The maximum absolute atomic E-state index is 12.0. The van der Waals surface area contributed by atoms with E-state index in [9.17, 15) is 9.59 Å². The van der Waals surface area contributed by atoms with Crippen LogP contribution >= 0.6 is 0 Å². The van der Waals surface area contributed by atoms with E-state index in [2.05, 4.69) is 13.2 Å². The second kappa shape index (κ2) is 21.7. The highest BCUT2D eigenvalue weighted by Gasteiger charge is 2.09. The molecule has 1 aromatic rings. The number of benzene rings is 1. The van der Waals surface area contributed by atoms with E-state index < -0.39 is 12.1 Å². The molecule has 0 heterocycles. The average Bonchev–Trinajstić information content (AvgIpc) is 2.86. The fourth-order valence-corrected chi connectivity index (χ4v) is 3.56. The molecule has 0 saturated heterocycles. The van der Waals surface area contributed by atoms with Crippen molar-refractivity contribution in [3.63, 3.8) is 0 Å². The number of hydrogen-bond donors (Lipinski definition) is 0. The number of carbonyl (C=O) groups is 2. The van der Waals surface area contributed by atoms with Crippen LogP contribution in [0.1, 0.15) is 95.5 Å². The van der Waals surface area contributed by atoms with E-state index in [1.165, 1.54) is 44.6 Å². The summed E-state index contributed by atoms with van der Waals surface area (Å²) in [5.41, 5.74) is 0.612. The minimum atomic E-state index is -0.732. The fourth-order valence-electron chi connectivity index (χ4n) is 3.56. The van der Waals surface area contributed by atoms with Crippen molar-refractivity contribution >= 4 is 18.2 Å². The van der Waals surface area contributed by atoms with Gasteiger partial charge >= 0.3 is 12.1 Å². The first kappa shape index (κ1) is 30.2. The van der Waals surface area contributed by atoms with E-state index >= 15 is 0 Å². The van der Waals surface area contributed by atoms with Crippen LogP contribution in [0.15, 0.2) is 55.7 Å². The number of rotatable bonds is 21. The third kappa shape index (κ3) is 17.3. The maximum atomic E-state index is 12.0. The Labute approximate surface area is 212 Å². The topological polar surface area (TPSA) is 61.8 Å². The number of carbonyl (C=O) groups excluding carboxylic acids is 2. The van der Waals surface area contributed by atoms with E-state index in [1.54, 1.807) is 24.3 Å². The Morgan fingerprint density at radius 3 is 1.80 bits per heavy atom. The monoisotopic (exact) mass is 484 g/mol. The van der Waals surface area contributed by atoms with Crippen LogP contribution in [0.3, 0.4) is 0 Å². The number of hydrogen-bond acceptors (Lipinski definition) is 5. The van der Waals surface area contributed by atoms with Gasteiger partial charge in [-0.25, -0.2) is 9.59 Å². The fraction of sp³-hybridized carbons (Fsp3) is 0.533. The third-order valence-corrected chi connectivity index (χ3v) is 5.58. The van der Waals surface area contributed by atoms with Crippen molar-refractivity contribution in [1.82, 2.24) is 0 Å². The lowest BCUT2D eigenvalue weighted by atomic mass is 10.1. The molecular weight excluding hydrogens is 440 g/mol. The van der Waals surface area contributed by atoms with Crippen molar-refractivity contribution in [3.05, 3.63) is 61.2 Å². The Kier molecular flexibility index (Phi) is 18.7. The summed E-state index contributed by atoms with van der Waals surface area (Å²) < 4.78 is 15.8. The summed E-state index contributed by atoms with van der Waals surface area (Å²) in [6, 6.07) is 7.02. The number of unbranched alkanes of at least 4 members (excludes halogenated alkanes) is 12. The minimum absolute atomic E-state index is 0.338. The summed E-state index contributed by atoms with van der Waals surface area (Å²) >= 11 is 0. The third-order valence-electron chi connectivity index (χ3n) is 5.58. The molecule has 0 bridgehead atoms. The molecule has 194 valence electrons. The van der Waals surface area contributed by atoms with E-state index in [-0.39, 0.29) is 0 Å². The molecule has 0 fully saturated rings. The first-order chi connectivity index (χ1) is 17.2. The Hall–Kier alpha value is -2.82. The normalized spacial score (nSPS) is 10.7. The van der Waals surface area contributed by atoms with Gasteiger partial charge in [0.05, 0.1) is 13.2 Å². The van der Waals surface area contributed by atoms with E-state index in [1.807, 2.05) is 18.2 Å². The highest BCUT2D eigenvalue weighted by molar-refractivity contribution is 5.87. The molecule has 5 nitrogen and oxygen atoms in total. The van der Waals surface area contributed by atoms with Crippen molar-refractivity contribution in [3.8, 4) is 5.75 Å². The smallest absolute Gasteiger partial charge is 0.463 e. The van der Waals surface area contributed by atoms with Crippen LogP contribution in [0, 0.1) is 0 Å². The zero-order chi connectivity index (χ0) is 25.4. The predicted octanol–water partition coefficient (Wildman–Crippen LogP) is 8.59.